The standard InChI is InChI=1S/C23H26N2O3S/c1-15-16(2)29-23(24-22(26)19-7-6-14-28-19)20(15)21(25-12-4-5-13-25)17-8-10-18(27-3)11-9-17/h6-11,14,21H,4-5,12-13H2,1-3H3,(H,24,26)/p+1/t21-/m1/s1. The van der Waals surface area contributed by atoms with Gasteiger partial charge in [-0.05, 0) is 55.8 Å². The molecule has 1 amide bonds. The van der Waals surface area contributed by atoms with Crippen molar-refractivity contribution in [1.82, 2.24) is 0 Å². The highest BCUT2D eigenvalue weighted by Crippen LogP contribution is 2.39. The van der Waals surface area contributed by atoms with E-state index in [0.717, 1.165) is 23.8 Å². The zero-order valence-electron chi connectivity index (χ0n) is 17.1. The molecule has 1 aliphatic heterocycles. The number of aryl methyl sites for hydroxylation is 1. The van der Waals surface area contributed by atoms with E-state index in [1.54, 1.807) is 35.5 Å². The van der Waals surface area contributed by atoms with Crippen molar-refractivity contribution in [2.75, 3.05) is 25.5 Å². The molecule has 1 fully saturated rings. The monoisotopic (exact) mass is 411 g/mol. The highest BCUT2D eigenvalue weighted by Gasteiger charge is 2.34. The summed E-state index contributed by atoms with van der Waals surface area (Å²) in [4.78, 5) is 15.5. The van der Waals surface area contributed by atoms with E-state index in [4.69, 9.17) is 9.15 Å². The number of ether oxygens (including phenoxy) is 1. The van der Waals surface area contributed by atoms with Crippen LogP contribution in [-0.4, -0.2) is 26.1 Å². The molecule has 0 aliphatic carbocycles. The van der Waals surface area contributed by atoms with Crippen LogP contribution < -0.4 is 15.0 Å². The molecule has 5 nitrogen and oxygen atoms in total. The topological polar surface area (TPSA) is 55.9 Å². The molecule has 0 saturated carbocycles. The second-order valence-corrected chi connectivity index (χ2v) is 8.75. The Morgan fingerprint density at radius 3 is 2.52 bits per heavy atom. The van der Waals surface area contributed by atoms with Crippen LogP contribution in [0.5, 0.6) is 5.75 Å². The van der Waals surface area contributed by atoms with Gasteiger partial charge in [0.15, 0.2) is 5.76 Å². The molecular formula is C23H27N2O3S+. The predicted molar refractivity (Wildman–Crippen MR) is 115 cm³/mol. The van der Waals surface area contributed by atoms with E-state index >= 15 is 0 Å². The maximum atomic E-state index is 12.7. The summed E-state index contributed by atoms with van der Waals surface area (Å²) in [6.45, 7) is 6.55. The first-order valence-electron chi connectivity index (χ1n) is 10.0. The summed E-state index contributed by atoms with van der Waals surface area (Å²) in [7, 11) is 1.69. The summed E-state index contributed by atoms with van der Waals surface area (Å²) in [5.74, 6) is 0.977. The summed E-state index contributed by atoms with van der Waals surface area (Å²) in [6.07, 6.45) is 3.99. The molecule has 2 N–H and O–H groups in total. The first-order chi connectivity index (χ1) is 14.1. The molecule has 1 aromatic carbocycles. The molecule has 1 aliphatic rings. The Hall–Kier alpha value is -2.57. The summed E-state index contributed by atoms with van der Waals surface area (Å²) in [6, 6.07) is 11.9. The smallest absolute Gasteiger partial charge is 0.291 e. The zero-order valence-corrected chi connectivity index (χ0v) is 17.9. The Kier molecular flexibility index (Phi) is 5.74. The largest absolute Gasteiger partial charge is 0.497 e. The fourth-order valence-electron chi connectivity index (χ4n) is 4.18. The number of quaternary nitrogens is 1. The maximum Gasteiger partial charge on any atom is 0.291 e. The average molecular weight is 412 g/mol. The first kappa shape index (κ1) is 19.7. The van der Waals surface area contributed by atoms with Gasteiger partial charge in [-0.15, -0.1) is 11.3 Å². The normalized spacial score (nSPS) is 15.4. The molecule has 1 saturated heterocycles. The molecule has 3 heterocycles. The van der Waals surface area contributed by atoms with Gasteiger partial charge in [0.05, 0.1) is 32.0 Å². The summed E-state index contributed by atoms with van der Waals surface area (Å²) in [5, 5.41) is 4.04. The number of furan rings is 1. The molecule has 4 rings (SSSR count). The Balaban J connectivity index is 1.76. The molecule has 3 aromatic rings. The minimum atomic E-state index is -0.206. The summed E-state index contributed by atoms with van der Waals surface area (Å²) >= 11 is 1.64. The number of amides is 1. The second-order valence-electron chi connectivity index (χ2n) is 7.53. The van der Waals surface area contributed by atoms with E-state index in [1.165, 1.54) is 40.7 Å². The van der Waals surface area contributed by atoms with Crippen molar-refractivity contribution < 1.29 is 18.8 Å². The Bertz CT molecular complexity index is 970. The van der Waals surface area contributed by atoms with Gasteiger partial charge in [-0.3, -0.25) is 4.79 Å². The number of rotatable bonds is 6. The lowest BCUT2D eigenvalue weighted by Gasteiger charge is -2.26. The number of benzene rings is 1. The Morgan fingerprint density at radius 2 is 1.90 bits per heavy atom. The number of hydrogen-bond acceptors (Lipinski definition) is 4. The lowest BCUT2D eigenvalue weighted by Crippen LogP contribution is -3.10. The summed E-state index contributed by atoms with van der Waals surface area (Å²) in [5.41, 5.74) is 3.72. The van der Waals surface area contributed by atoms with E-state index in [9.17, 15) is 4.79 Å². The quantitative estimate of drug-likeness (QED) is 0.645. The molecule has 2 aromatic heterocycles. The van der Waals surface area contributed by atoms with Crippen LogP contribution in [0.15, 0.2) is 47.1 Å². The Morgan fingerprint density at radius 1 is 1.17 bits per heavy atom. The minimum Gasteiger partial charge on any atom is -0.497 e. The second kappa shape index (κ2) is 8.43. The highest BCUT2D eigenvalue weighted by atomic mass is 32.1. The fraction of sp³-hybridized carbons (Fsp3) is 0.348. The minimum absolute atomic E-state index is 0.181. The van der Waals surface area contributed by atoms with Gasteiger partial charge in [0, 0.05) is 23.3 Å². The Labute approximate surface area is 175 Å². The van der Waals surface area contributed by atoms with E-state index in [-0.39, 0.29) is 11.9 Å². The van der Waals surface area contributed by atoms with Gasteiger partial charge in [-0.2, -0.15) is 0 Å². The van der Waals surface area contributed by atoms with Crippen molar-refractivity contribution >= 4 is 22.2 Å². The van der Waals surface area contributed by atoms with Crippen LogP contribution in [0, 0.1) is 13.8 Å². The number of hydrogen-bond donors (Lipinski definition) is 2. The molecular weight excluding hydrogens is 384 g/mol. The number of likely N-dealkylation sites (tertiary alicyclic amines) is 1. The third kappa shape index (κ3) is 3.95. The first-order valence-corrected chi connectivity index (χ1v) is 10.8. The van der Waals surface area contributed by atoms with Gasteiger partial charge in [-0.1, -0.05) is 0 Å². The lowest BCUT2D eigenvalue weighted by molar-refractivity contribution is -0.913. The lowest BCUT2D eigenvalue weighted by atomic mass is 9.95. The van der Waals surface area contributed by atoms with Crippen LogP contribution in [-0.2, 0) is 0 Å². The number of carbonyl (C=O) groups is 1. The van der Waals surface area contributed by atoms with Gasteiger partial charge in [-0.25, -0.2) is 0 Å². The molecule has 0 bridgehead atoms. The van der Waals surface area contributed by atoms with E-state index in [2.05, 4.69) is 31.3 Å². The van der Waals surface area contributed by atoms with Crippen LogP contribution in [0.1, 0.15) is 51.0 Å². The van der Waals surface area contributed by atoms with Gasteiger partial charge < -0.3 is 19.4 Å². The zero-order chi connectivity index (χ0) is 20.4. The molecule has 152 valence electrons. The van der Waals surface area contributed by atoms with Crippen molar-refractivity contribution in [1.29, 1.82) is 0 Å². The highest BCUT2D eigenvalue weighted by molar-refractivity contribution is 7.16. The van der Waals surface area contributed by atoms with Crippen LogP contribution >= 0.6 is 11.3 Å². The van der Waals surface area contributed by atoms with E-state index < -0.39 is 0 Å². The maximum absolute atomic E-state index is 12.7. The fourth-order valence-corrected chi connectivity index (χ4v) is 5.27. The average Bonchev–Trinajstić information content (AvgIpc) is 3.49. The third-order valence-electron chi connectivity index (χ3n) is 5.80. The van der Waals surface area contributed by atoms with Crippen molar-refractivity contribution in [3.63, 3.8) is 0 Å². The van der Waals surface area contributed by atoms with Crippen molar-refractivity contribution in [2.45, 2.75) is 32.7 Å². The van der Waals surface area contributed by atoms with E-state index in [1.807, 2.05) is 12.1 Å². The number of thiophene rings is 1. The van der Waals surface area contributed by atoms with Gasteiger partial charge in [0.25, 0.3) is 5.91 Å². The SMILES string of the molecule is COc1ccc([C@H](c2c(NC(=O)c3ccco3)sc(C)c2C)[NH+]2CCCC2)cc1. The van der Waals surface area contributed by atoms with Gasteiger partial charge in [0.1, 0.15) is 16.8 Å². The van der Waals surface area contributed by atoms with Gasteiger partial charge >= 0.3 is 0 Å². The van der Waals surface area contributed by atoms with E-state index in [0.29, 0.717) is 5.76 Å². The molecule has 1 atom stereocenters. The van der Waals surface area contributed by atoms with Crippen molar-refractivity contribution in [3.8, 4) is 5.75 Å². The van der Waals surface area contributed by atoms with Crippen LogP contribution in [0.2, 0.25) is 0 Å². The number of anilines is 1. The predicted octanol–water partition coefficient (Wildman–Crippen LogP) is 3.99. The van der Waals surface area contributed by atoms with Crippen LogP contribution in [0.3, 0.4) is 0 Å². The molecule has 29 heavy (non-hydrogen) atoms. The molecule has 0 radical (unpaired) electrons. The van der Waals surface area contributed by atoms with Crippen molar-refractivity contribution in [2.24, 2.45) is 0 Å². The van der Waals surface area contributed by atoms with Crippen LogP contribution in [0.25, 0.3) is 0 Å². The number of nitrogens with one attached hydrogen (secondary N) is 2. The van der Waals surface area contributed by atoms with Crippen molar-refractivity contribution in [3.05, 3.63) is 70.0 Å². The molecule has 6 heteroatoms. The molecule has 0 unspecified atom stereocenters. The van der Waals surface area contributed by atoms with Gasteiger partial charge in [0.2, 0.25) is 0 Å². The molecule has 0 spiro atoms. The van der Waals surface area contributed by atoms with Crippen LogP contribution in [0.4, 0.5) is 5.00 Å². The third-order valence-corrected chi connectivity index (χ3v) is 6.93. The summed E-state index contributed by atoms with van der Waals surface area (Å²) < 4.78 is 10.6. The number of carbonyl (C=O) groups excluding carboxylic acids is 1. The number of methoxy groups -OCH3 is 1.